The molecule has 2 heterocycles. The maximum atomic E-state index is 12.4. The predicted molar refractivity (Wildman–Crippen MR) is 83.4 cm³/mol. The fourth-order valence-corrected chi connectivity index (χ4v) is 3.31. The van der Waals surface area contributed by atoms with Crippen LogP contribution >= 0.6 is 0 Å². The van der Waals surface area contributed by atoms with Gasteiger partial charge in [-0.2, -0.15) is 10.2 Å². The van der Waals surface area contributed by atoms with Crippen LogP contribution in [0.15, 0.2) is 60.3 Å². The fraction of sp³-hybridized carbons (Fsp3) is 0.214. The van der Waals surface area contributed by atoms with Crippen molar-refractivity contribution in [1.82, 2.24) is 29.3 Å². The summed E-state index contributed by atoms with van der Waals surface area (Å²) in [5.74, 6) is 0. The molecule has 1 aromatic carbocycles. The largest absolute Gasteiger partial charge is 0.251 e. The number of hydrogen-bond acceptors (Lipinski definition) is 5. The van der Waals surface area contributed by atoms with Gasteiger partial charge in [-0.1, -0.05) is 18.2 Å². The maximum absolute atomic E-state index is 12.4. The summed E-state index contributed by atoms with van der Waals surface area (Å²) < 4.78 is 30.5. The van der Waals surface area contributed by atoms with Crippen LogP contribution < -0.4 is 4.72 Å². The Bertz CT molecular complexity index is 858. The fourth-order valence-electron chi connectivity index (χ4n) is 2.14. The van der Waals surface area contributed by atoms with E-state index in [-0.39, 0.29) is 10.9 Å². The molecule has 1 atom stereocenters. The molecule has 0 unspecified atom stereocenters. The molecule has 1 N–H and O–H groups in total. The lowest BCUT2D eigenvalue weighted by atomic mass is 10.3. The van der Waals surface area contributed by atoms with Crippen molar-refractivity contribution in [2.75, 3.05) is 0 Å². The third kappa shape index (κ3) is 3.63. The second-order valence-corrected chi connectivity index (χ2v) is 6.81. The van der Waals surface area contributed by atoms with E-state index in [1.165, 1.54) is 29.7 Å². The Labute approximate surface area is 133 Å². The molecule has 3 rings (SSSR count). The number of para-hydroxylation sites is 1. The van der Waals surface area contributed by atoms with Crippen molar-refractivity contribution in [1.29, 1.82) is 0 Å². The van der Waals surface area contributed by atoms with Crippen LogP contribution in [0.2, 0.25) is 0 Å². The first-order valence-corrected chi connectivity index (χ1v) is 8.48. The van der Waals surface area contributed by atoms with E-state index in [0.717, 1.165) is 5.69 Å². The molecular weight excluding hydrogens is 316 g/mol. The number of aromatic nitrogens is 5. The average molecular weight is 332 g/mol. The molecule has 23 heavy (non-hydrogen) atoms. The van der Waals surface area contributed by atoms with Gasteiger partial charge in [-0.25, -0.2) is 22.8 Å². The number of nitrogens with zero attached hydrogens (tertiary/aromatic N) is 5. The number of hydrogen-bond donors (Lipinski definition) is 1. The smallest absolute Gasteiger partial charge is 0.244 e. The van der Waals surface area contributed by atoms with Crippen molar-refractivity contribution >= 4 is 10.0 Å². The number of benzene rings is 1. The van der Waals surface area contributed by atoms with Gasteiger partial charge < -0.3 is 0 Å². The lowest BCUT2D eigenvalue weighted by molar-refractivity contribution is 0.493. The molecule has 3 aromatic rings. The minimum atomic E-state index is -3.64. The average Bonchev–Trinajstić information content (AvgIpc) is 3.18. The van der Waals surface area contributed by atoms with Crippen LogP contribution in [0.4, 0.5) is 0 Å². The van der Waals surface area contributed by atoms with Crippen molar-refractivity contribution in [3.05, 3.63) is 55.4 Å². The van der Waals surface area contributed by atoms with Crippen molar-refractivity contribution in [2.24, 2.45) is 0 Å². The van der Waals surface area contributed by atoms with Gasteiger partial charge in [-0.05, 0) is 19.1 Å². The molecule has 0 amide bonds. The predicted octanol–water partition coefficient (Wildman–Crippen LogP) is 0.831. The summed E-state index contributed by atoms with van der Waals surface area (Å²) in [5, 5.41) is 8.06. The number of rotatable bonds is 6. The molecule has 0 spiro atoms. The molecule has 0 aliphatic heterocycles. The van der Waals surface area contributed by atoms with Gasteiger partial charge in [0, 0.05) is 6.04 Å². The van der Waals surface area contributed by atoms with Crippen LogP contribution in [-0.2, 0) is 16.6 Å². The van der Waals surface area contributed by atoms with Gasteiger partial charge in [0.25, 0.3) is 0 Å². The minimum Gasteiger partial charge on any atom is -0.251 e. The van der Waals surface area contributed by atoms with Gasteiger partial charge >= 0.3 is 0 Å². The Morgan fingerprint density at radius 3 is 2.70 bits per heavy atom. The summed E-state index contributed by atoms with van der Waals surface area (Å²) in [4.78, 5) is 3.95. The van der Waals surface area contributed by atoms with Crippen LogP contribution in [0, 0.1) is 0 Å². The van der Waals surface area contributed by atoms with Crippen molar-refractivity contribution in [3.8, 4) is 5.69 Å². The molecule has 0 saturated carbocycles. The Kier molecular flexibility index (Phi) is 4.22. The summed E-state index contributed by atoms with van der Waals surface area (Å²) in [6.45, 7) is 2.16. The maximum Gasteiger partial charge on any atom is 0.244 e. The van der Waals surface area contributed by atoms with Gasteiger partial charge in [0.15, 0.2) is 0 Å². The minimum absolute atomic E-state index is 0.117. The summed E-state index contributed by atoms with van der Waals surface area (Å²) >= 11 is 0. The molecular formula is C14H16N6O2S. The van der Waals surface area contributed by atoms with E-state index in [0.29, 0.717) is 6.54 Å². The Hall–Kier alpha value is -2.52. The zero-order valence-electron chi connectivity index (χ0n) is 12.4. The quantitative estimate of drug-likeness (QED) is 0.721. The van der Waals surface area contributed by atoms with Gasteiger partial charge in [0.1, 0.15) is 17.6 Å². The highest BCUT2D eigenvalue weighted by Gasteiger charge is 2.20. The van der Waals surface area contributed by atoms with E-state index in [9.17, 15) is 8.42 Å². The molecule has 8 nitrogen and oxygen atoms in total. The van der Waals surface area contributed by atoms with E-state index in [2.05, 4.69) is 19.9 Å². The topological polar surface area (TPSA) is 94.7 Å². The van der Waals surface area contributed by atoms with Crippen molar-refractivity contribution in [3.63, 3.8) is 0 Å². The molecule has 0 saturated heterocycles. The highest BCUT2D eigenvalue weighted by atomic mass is 32.2. The van der Waals surface area contributed by atoms with E-state index in [4.69, 9.17) is 0 Å². The first kappa shape index (κ1) is 15.4. The molecule has 0 aliphatic carbocycles. The van der Waals surface area contributed by atoms with Gasteiger partial charge in [0.2, 0.25) is 10.0 Å². The molecule has 0 bridgehead atoms. The Balaban J connectivity index is 1.74. The van der Waals surface area contributed by atoms with E-state index in [1.807, 2.05) is 30.3 Å². The van der Waals surface area contributed by atoms with Crippen LogP contribution in [0.5, 0.6) is 0 Å². The molecule has 0 fully saturated rings. The first-order chi connectivity index (χ1) is 11.0. The Morgan fingerprint density at radius 1 is 1.22 bits per heavy atom. The number of sulfonamides is 1. The second kappa shape index (κ2) is 6.31. The summed E-state index contributed by atoms with van der Waals surface area (Å²) in [6.07, 6.45) is 5.76. The monoisotopic (exact) mass is 332 g/mol. The zero-order valence-corrected chi connectivity index (χ0v) is 13.3. The lowest BCUT2D eigenvalue weighted by Crippen LogP contribution is -2.35. The van der Waals surface area contributed by atoms with Crippen molar-refractivity contribution in [2.45, 2.75) is 24.4 Å². The Morgan fingerprint density at radius 2 is 2.00 bits per heavy atom. The van der Waals surface area contributed by atoms with Crippen LogP contribution in [0.3, 0.4) is 0 Å². The van der Waals surface area contributed by atoms with Crippen LogP contribution in [-0.4, -0.2) is 39.0 Å². The zero-order chi connectivity index (χ0) is 16.3. The molecule has 2 aromatic heterocycles. The van der Waals surface area contributed by atoms with E-state index < -0.39 is 10.0 Å². The van der Waals surface area contributed by atoms with Gasteiger partial charge in [-0.15, -0.1) is 0 Å². The molecule has 0 radical (unpaired) electrons. The van der Waals surface area contributed by atoms with Gasteiger partial charge in [-0.3, -0.25) is 4.68 Å². The lowest BCUT2D eigenvalue weighted by Gasteiger charge is -2.12. The second-order valence-electron chi connectivity index (χ2n) is 5.10. The molecule has 120 valence electrons. The van der Waals surface area contributed by atoms with E-state index >= 15 is 0 Å². The molecule has 0 aliphatic rings. The van der Waals surface area contributed by atoms with E-state index in [1.54, 1.807) is 11.6 Å². The van der Waals surface area contributed by atoms with Gasteiger partial charge in [0.05, 0.1) is 24.6 Å². The normalized spacial score (nSPS) is 13.1. The third-order valence-electron chi connectivity index (χ3n) is 3.17. The summed E-state index contributed by atoms with van der Waals surface area (Å²) in [5.41, 5.74) is 0.796. The standard InChI is InChI=1S/C14H16N6O2S/c1-12(8-19-11-15-10-17-19)18-23(21,22)14-7-16-20(9-14)13-5-3-2-4-6-13/h2-7,9-12,18H,8H2,1H3/t12-/m1/s1. The highest BCUT2D eigenvalue weighted by Crippen LogP contribution is 2.12. The third-order valence-corrected chi connectivity index (χ3v) is 4.72. The van der Waals surface area contributed by atoms with Crippen LogP contribution in [0.25, 0.3) is 5.69 Å². The van der Waals surface area contributed by atoms with Crippen molar-refractivity contribution < 1.29 is 8.42 Å². The summed E-state index contributed by atoms with van der Waals surface area (Å²) in [7, 11) is -3.64. The summed E-state index contributed by atoms with van der Waals surface area (Å²) in [6, 6.07) is 8.99. The molecule has 9 heteroatoms. The van der Waals surface area contributed by atoms with Crippen LogP contribution in [0.1, 0.15) is 6.92 Å². The number of nitrogens with one attached hydrogen (secondary N) is 1. The first-order valence-electron chi connectivity index (χ1n) is 6.99. The SMILES string of the molecule is C[C@H](Cn1cncn1)NS(=O)(=O)c1cnn(-c2ccccc2)c1. The highest BCUT2D eigenvalue weighted by molar-refractivity contribution is 7.89.